The molecule has 0 bridgehead atoms. The van der Waals surface area contributed by atoms with Gasteiger partial charge in [0, 0.05) is 24.8 Å². The van der Waals surface area contributed by atoms with Crippen LogP contribution in [0.15, 0.2) is 18.5 Å². The first-order valence-electron chi connectivity index (χ1n) is 8.21. The molecular weight excluding hydrogens is 333 g/mol. The molecule has 0 saturated carbocycles. The topological polar surface area (TPSA) is 58.9 Å². The molecule has 0 radical (unpaired) electrons. The molecule has 136 valence electrons. The molecule has 1 fully saturated rings. The number of alkyl halides is 3. The van der Waals surface area contributed by atoms with Gasteiger partial charge in [-0.05, 0) is 32.8 Å². The predicted molar refractivity (Wildman–Crippen MR) is 87.8 cm³/mol. The fourth-order valence-corrected chi connectivity index (χ4v) is 3.09. The Morgan fingerprint density at radius 2 is 1.92 bits per heavy atom. The smallest absolute Gasteiger partial charge is 0.366 e. The Kier molecular flexibility index (Phi) is 4.94. The van der Waals surface area contributed by atoms with E-state index in [0.717, 1.165) is 11.4 Å². The SMILES string of the molecule is Cc1cc(C)n(-c2cncc(NC3CCN(CC(F)(F)F)CC3)n2)n1. The zero-order valence-electron chi connectivity index (χ0n) is 14.2. The first kappa shape index (κ1) is 17.7. The van der Waals surface area contributed by atoms with E-state index in [1.165, 1.54) is 4.90 Å². The molecular formula is C16H21F3N6. The summed E-state index contributed by atoms with van der Waals surface area (Å²) in [6, 6.07) is 2.05. The highest BCUT2D eigenvalue weighted by molar-refractivity contribution is 5.37. The van der Waals surface area contributed by atoms with Crippen molar-refractivity contribution in [3.63, 3.8) is 0 Å². The summed E-state index contributed by atoms with van der Waals surface area (Å²) in [6.07, 6.45) is 0.400. The lowest BCUT2D eigenvalue weighted by molar-refractivity contribution is -0.147. The van der Waals surface area contributed by atoms with Crippen LogP contribution in [0.4, 0.5) is 19.0 Å². The molecule has 25 heavy (non-hydrogen) atoms. The Labute approximate surface area is 144 Å². The maximum Gasteiger partial charge on any atom is 0.401 e. The second-order valence-electron chi connectivity index (χ2n) is 6.41. The second kappa shape index (κ2) is 6.99. The van der Waals surface area contributed by atoms with Gasteiger partial charge < -0.3 is 5.32 Å². The molecule has 0 aromatic carbocycles. The van der Waals surface area contributed by atoms with E-state index in [-0.39, 0.29) is 6.04 Å². The molecule has 1 aliphatic rings. The monoisotopic (exact) mass is 354 g/mol. The van der Waals surface area contributed by atoms with Crippen LogP contribution in [0.3, 0.4) is 0 Å². The van der Waals surface area contributed by atoms with Crippen molar-refractivity contribution < 1.29 is 13.2 Å². The van der Waals surface area contributed by atoms with Crippen LogP contribution < -0.4 is 5.32 Å². The fraction of sp³-hybridized carbons (Fsp3) is 0.562. The molecule has 2 aromatic heterocycles. The van der Waals surface area contributed by atoms with Crippen LogP contribution >= 0.6 is 0 Å². The average Bonchev–Trinajstić information content (AvgIpc) is 2.87. The van der Waals surface area contributed by atoms with Gasteiger partial charge in [0.1, 0.15) is 5.82 Å². The number of aryl methyl sites for hydroxylation is 2. The highest BCUT2D eigenvalue weighted by Crippen LogP contribution is 2.21. The van der Waals surface area contributed by atoms with Crippen molar-refractivity contribution in [3.8, 4) is 5.82 Å². The predicted octanol–water partition coefficient (Wildman–Crippen LogP) is 2.72. The van der Waals surface area contributed by atoms with Crippen molar-refractivity contribution in [1.29, 1.82) is 0 Å². The zero-order valence-corrected chi connectivity index (χ0v) is 14.2. The standard InChI is InChI=1S/C16H21F3N6/c1-11-7-12(2)25(23-11)15-9-20-8-14(22-15)21-13-3-5-24(6-4-13)10-16(17,18)19/h7-9,13H,3-6,10H2,1-2H3,(H,21,22). The van der Waals surface area contributed by atoms with Gasteiger partial charge in [-0.1, -0.05) is 0 Å². The summed E-state index contributed by atoms with van der Waals surface area (Å²) in [5.74, 6) is 1.23. The second-order valence-corrected chi connectivity index (χ2v) is 6.41. The molecule has 0 aliphatic carbocycles. The van der Waals surface area contributed by atoms with Gasteiger partial charge in [-0.15, -0.1) is 0 Å². The summed E-state index contributed by atoms with van der Waals surface area (Å²) >= 11 is 0. The van der Waals surface area contributed by atoms with E-state index in [9.17, 15) is 13.2 Å². The number of hydrogen-bond donors (Lipinski definition) is 1. The first-order valence-corrected chi connectivity index (χ1v) is 8.21. The van der Waals surface area contributed by atoms with Crippen molar-refractivity contribution >= 4 is 5.82 Å². The largest absolute Gasteiger partial charge is 0.401 e. The highest BCUT2D eigenvalue weighted by atomic mass is 19.4. The number of halogens is 3. The number of rotatable bonds is 4. The number of nitrogens with zero attached hydrogens (tertiary/aromatic N) is 5. The fourth-order valence-electron chi connectivity index (χ4n) is 3.09. The Bertz CT molecular complexity index is 719. The van der Waals surface area contributed by atoms with Crippen LogP contribution in [-0.4, -0.2) is 56.5 Å². The normalized spacial score (nSPS) is 17.0. The molecule has 0 atom stereocenters. The third kappa shape index (κ3) is 4.68. The van der Waals surface area contributed by atoms with Gasteiger partial charge in [-0.25, -0.2) is 9.67 Å². The third-order valence-electron chi connectivity index (χ3n) is 4.19. The van der Waals surface area contributed by atoms with E-state index < -0.39 is 12.7 Å². The number of anilines is 1. The van der Waals surface area contributed by atoms with E-state index in [4.69, 9.17) is 0 Å². The molecule has 2 aromatic rings. The summed E-state index contributed by atoms with van der Waals surface area (Å²) in [7, 11) is 0. The maximum atomic E-state index is 12.4. The van der Waals surface area contributed by atoms with Crippen LogP contribution in [0.2, 0.25) is 0 Å². The minimum absolute atomic E-state index is 0.0921. The van der Waals surface area contributed by atoms with Crippen LogP contribution in [0, 0.1) is 13.8 Å². The lowest BCUT2D eigenvalue weighted by atomic mass is 10.1. The first-order chi connectivity index (χ1) is 11.8. The Hall–Kier alpha value is -2.16. The van der Waals surface area contributed by atoms with E-state index in [1.54, 1.807) is 17.1 Å². The quantitative estimate of drug-likeness (QED) is 0.915. The van der Waals surface area contributed by atoms with E-state index in [1.807, 2.05) is 19.9 Å². The Morgan fingerprint density at radius 3 is 2.52 bits per heavy atom. The minimum atomic E-state index is -4.14. The average molecular weight is 354 g/mol. The number of hydrogen-bond acceptors (Lipinski definition) is 5. The van der Waals surface area contributed by atoms with Crippen LogP contribution in [-0.2, 0) is 0 Å². The van der Waals surface area contributed by atoms with Gasteiger partial charge >= 0.3 is 6.18 Å². The van der Waals surface area contributed by atoms with Gasteiger partial charge in [-0.2, -0.15) is 18.3 Å². The van der Waals surface area contributed by atoms with Crippen molar-refractivity contribution in [1.82, 2.24) is 24.6 Å². The number of likely N-dealkylation sites (tertiary alicyclic amines) is 1. The van der Waals surface area contributed by atoms with Gasteiger partial charge in [0.05, 0.1) is 24.6 Å². The molecule has 3 rings (SSSR count). The van der Waals surface area contributed by atoms with Gasteiger partial charge in [0.2, 0.25) is 0 Å². The van der Waals surface area contributed by atoms with E-state index in [0.29, 0.717) is 37.6 Å². The number of piperidine rings is 1. The van der Waals surface area contributed by atoms with Crippen LogP contribution in [0.25, 0.3) is 5.82 Å². The summed E-state index contributed by atoms with van der Waals surface area (Å²) in [5.41, 5.74) is 1.86. The molecule has 0 amide bonds. The van der Waals surface area contributed by atoms with Gasteiger partial charge in [0.15, 0.2) is 5.82 Å². The van der Waals surface area contributed by atoms with Crippen LogP contribution in [0.1, 0.15) is 24.2 Å². The summed E-state index contributed by atoms with van der Waals surface area (Å²) in [4.78, 5) is 10.2. The molecule has 0 spiro atoms. The third-order valence-corrected chi connectivity index (χ3v) is 4.19. The molecule has 0 unspecified atom stereocenters. The van der Waals surface area contributed by atoms with Gasteiger partial charge in [0.25, 0.3) is 0 Å². The number of nitrogens with one attached hydrogen (secondary N) is 1. The molecule has 1 saturated heterocycles. The summed E-state index contributed by atoms with van der Waals surface area (Å²) < 4.78 is 39.0. The molecule has 1 N–H and O–H groups in total. The minimum Gasteiger partial charge on any atom is -0.366 e. The summed E-state index contributed by atoms with van der Waals surface area (Å²) in [6.45, 7) is 3.85. The lowest BCUT2D eigenvalue weighted by Gasteiger charge is -2.32. The van der Waals surface area contributed by atoms with Gasteiger partial charge in [-0.3, -0.25) is 9.88 Å². The molecule has 6 nitrogen and oxygen atoms in total. The lowest BCUT2D eigenvalue weighted by Crippen LogP contribution is -2.43. The maximum absolute atomic E-state index is 12.4. The molecule has 9 heteroatoms. The zero-order chi connectivity index (χ0) is 18.0. The van der Waals surface area contributed by atoms with Crippen molar-refractivity contribution in [3.05, 3.63) is 29.8 Å². The highest BCUT2D eigenvalue weighted by Gasteiger charge is 2.32. The Morgan fingerprint density at radius 1 is 1.20 bits per heavy atom. The Balaban J connectivity index is 1.61. The van der Waals surface area contributed by atoms with Crippen molar-refractivity contribution in [2.24, 2.45) is 0 Å². The van der Waals surface area contributed by atoms with Crippen LogP contribution in [0.5, 0.6) is 0 Å². The van der Waals surface area contributed by atoms with Crippen molar-refractivity contribution in [2.75, 3.05) is 25.0 Å². The van der Waals surface area contributed by atoms with Crippen molar-refractivity contribution in [2.45, 2.75) is 38.9 Å². The molecule has 3 heterocycles. The number of aromatic nitrogens is 4. The summed E-state index contributed by atoms with van der Waals surface area (Å²) in [5, 5.41) is 7.66. The van der Waals surface area contributed by atoms with E-state index in [2.05, 4.69) is 20.4 Å². The molecule has 1 aliphatic heterocycles. The van der Waals surface area contributed by atoms with E-state index >= 15 is 0 Å².